The van der Waals surface area contributed by atoms with Gasteiger partial charge in [0.25, 0.3) is 11.6 Å². The fraction of sp³-hybridized carbons (Fsp3) is 0.240. The minimum absolute atomic E-state index is 0.0575. The zero-order valence-electron chi connectivity index (χ0n) is 18.6. The van der Waals surface area contributed by atoms with Crippen molar-refractivity contribution in [2.24, 2.45) is 0 Å². The molecule has 4 rings (SSSR count). The Morgan fingerprint density at radius 3 is 2.67 bits per heavy atom. The van der Waals surface area contributed by atoms with Crippen LogP contribution in [0.2, 0.25) is 0 Å². The second-order valence-electron chi connectivity index (χ2n) is 7.93. The number of hydrogen-bond donors (Lipinski definition) is 1. The standard InChI is InChI=1S/C25H25N5O3/c1-3-4-13-22-28-23-17(2)21(27-25(31)19-10-6-5-7-11-19)15-26-24(23)29(22)16-18-9-8-12-20(14-18)30(32)33/h5-12,14-15H,3-4,13,16H2,1-2H3,(H,27,31). The van der Waals surface area contributed by atoms with Gasteiger partial charge < -0.3 is 9.88 Å². The van der Waals surface area contributed by atoms with Crippen LogP contribution >= 0.6 is 0 Å². The highest BCUT2D eigenvalue weighted by Gasteiger charge is 2.18. The van der Waals surface area contributed by atoms with Crippen molar-refractivity contribution in [1.29, 1.82) is 0 Å². The predicted octanol–water partition coefficient (Wildman–Crippen LogP) is 5.29. The number of pyridine rings is 1. The summed E-state index contributed by atoms with van der Waals surface area (Å²) in [5.41, 5.74) is 4.29. The van der Waals surface area contributed by atoms with E-state index in [2.05, 4.69) is 17.2 Å². The summed E-state index contributed by atoms with van der Waals surface area (Å²) in [6, 6.07) is 15.6. The lowest BCUT2D eigenvalue weighted by molar-refractivity contribution is -0.384. The van der Waals surface area contributed by atoms with Gasteiger partial charge in [-0.2, -0.15) is 0 Å². The zero-order valence-corrected chi connectivity index (χ0v) is 18.6. The van der Waals surface area contributed by atoms with E-state index in [-0.39, 0.29) is 11.6 Å². The molecule has 1 N–H and O–H groups in total. The normalized spacial score (nSPS) is 11.0. The molecule has 0 aliphatic carbocycles. The first-order chi connectivity index (χ1) is 16.0. The topological polar surface area (TPSA) is 103 Å². The Morgan fingerprint density at radius 2 is 1.94 bits per heavy atom. The Kier molecular flexibility index (Phi) is 6.44. The number of rotatable bonds is 8. The van der Waals surface area contributed by atoms with Gasteiger partial charge in [-0.25, -0.2) is 9.97 Å². The van der Waals surface area contributed by atoms with Crippen LogP contribution in [-0.2, 0) is 13.0 Å². The minimum Gasteiger partial charge on any atom is -0.320 e. The van der Waals surface area contributed by atoms with Gasteiger partial charge in [0, 0.05) is 29.7 Å². The number of nitrogens with zero attached hydrogens (tertiary/aromatic N) is 4. The lowest BCUT2D eigenvalue weighted by Gasteiger charge is -2.10. The Bertz CT molecular complexity index is 1310. The summed E-state index contributed by atoms with van der Waals surface area (Å²) < 4.78 is 2.01. The molecule has 0 saturated heterocycles. The van der Waals surface area contributed by atoms with Crippen molar-refractivity contribution < 1.29 is 9.72 Å². The molecule has 0 atom stereocenters. The number of nitrogens with one attached hydrogen (secondary N) is 1. The number of hydrogen-bond acceptors (Lipinski definition) is 5. The number of aryl methyl sites for hydroxylation is 2. The van der Waals surface area contributed by atoms with Crippen LogP contribution in [0.3, 0.4) is 0 Å². The van der Waals surface area contributed by atoms with Gasteiger partial charge in [0.2, 0.25) is 0 Å². The number of fused-ring (bicyclic) bond motifs is 1. The van der Waals surface area contributed by atoms with E-state index in [0.29, 0.717) is 23.4 Å². The molecule has 0 fully saturated rings. The van der Waals surface area contributed by atoms with Crippen molar-refractivity contribution in [2.75, 3.05) is 5.32 Å². The first-order valence-corrected chi connectivity index (χ1v) is 10.9. The number of anilines is 1. The van der Waals surface area contributed by atoms with Gasteiger partial charge in [-0.05, 0) is 31.0 Å². The van der Waals surface area contributed by atoms with Gasteiger partial charge in [0.15, 0.2) is 5.65 Å². The molecule has 0 unspecified atom stereocenters. The van der Waals surface area contributed by atoms with E-state index in [0.717, 1.165) is 41.7 Å². The molecule has 1 amide bonds. The minimum atomic E-state index is -0.391. The Morgan fingerprint density at radius 1 is 1.15 bits per heavy atom. The maximum Gasteiger partial charge on any atom is 0.269 e. The molecule has 2 aromatic heterocycles. The van der Waals surface area contributed by atoms with E-state index in [9.17, 15) is 14.9 Å². The molecule has 2 heterocycles. The summed E-state index contributed by atoms with van der Waals surface area (Å²) in [5.74, 6) is 0.669. The van der Waals surface area contributed by atoms with Gasteiger partial charge in [-0.1, -0.05) is 43.7 Å². The lowest BCUT2D eigenvalue weighted by Crippen LogP contribution is -2.13. The Balaban J connectivity index is 1.72. The molecule has 0 bridgehead atoms. The molecule has 2 aromatic carbocycles. The number of carbonyl (C=O) groups excluding carboxylic acids is 1. The predicted molar refractivity (Wildman–Crippen MR) is 127 cm³/mol. The van der Waals surface area contributed by atoms with Crippen LogP contribution in [0.4, 0.5) is 11.4 Å². The van der Waals surface area contributed by atoms with Crippen LogP contribution in [-0.4, -0.2) is 25.4 Å². The van der Waals surface area contributed by atoms with E-state index < -0.39 is 4.92 Å². The van der Waals surface area contributed by atoms with E-state index in [1.54, 1.807) is 30.5 Å². The monoisotopic (exact) mass is 443 g/mol. The molecule has 8 nitrogen and oxygen atoms in total. The van der Waals surface area contributed by atoms with Crippen LogP contribution in [0.25, 0.3) is 11.2 Å². The summed E-state index contributed by atoms with van der Waals surface area (Å²) in [6.07, 6.45) is 4.40. The number of imidazole rings is 1. The summed E-state index contributed by atoms with van der Waals surface area (Å²) in [5, 5.41) is 14.1. The molecule has 0 saturated carbocycles. The molecule has 0 aliphatic heterocycles. The molecular formula is C25H25N5O3. The van der Waals surface area contributed by atoms with Crippen molar-refractivity contribution in [3.63, 3.8) is 0 Å². The third-order valence-corrected chi connectivity index (χ3v) is 5.60. The number of benzene rings is 2. The first-order valence-electron chi connectivity index (χ1n) is 10.9. The largest absolute Gasteiger partial charge is 0.320 e. The third kappa shape index (κ3) is 4.74. The van der Waals surface area contributed by atoms with Gasteiger partial charge in [0.1, 0.15) is 11.3 Å². The van der Waals surface area contributed by atoms with Crippen LogP contribution in [0.1, 0.15) is 47.1 Å². The summed E-state index contributed by atoms with van der Waals surface area (Å²) in [4.78, 5) is 32.9. The van der Waals surface area contributed by atoms with E-state index in [1.807, 2.05) is 35.8 Å². The Labute approximate surface area is 191 Å². The molecule has 4 aromatic rings. The SMILES string of the molecule is CCCCc1nc2c(C)c(NC(=O)c3ccccc3)cnc2n1Cc1cccc([N+](=O)[O-])c1. The molecule has 0 radical (unpaired) electrons. The van der Waals surface area contributed by atoms with Crippen molar-refractivity contribution >= 4 is 28.4 Å². The van der Waals surface area contributed by atoms with Gasteiger partial charge in [0.05, 0.1) is 23.4 Å². The second kappa shape index (κ2) is 9.60. The van der Waals surface area contributed by atoms with Gasteiger partial charge >= 0.3 is 0 Å². The fourth-order valence-electron chi connectivity index (χ4n) is 3.77. The highest BCUT2D eigenvalue weighted by atomic mass is 16.6. The number of aromatic nitrogens is 3. The Hall–Kier alpha value is -4.07. The lowest BCUT2D eigenvalue weighted by atomic mass is 10.2. The maximum absolute atomic E-state index is 12.6. The number of nitro benzene ring substituents is 1. The molecule has 8 heteroatoms. The van der Waals surface area contributed by atoms with Crippen molar-refractivity contribution in [1.82, 2.24) is 14.5 Å². The van der Waals surface area contributed by atoms with Crippen molar-refractivity contribution in [3.8, 4) is 0 Å². The molecule has 0 spiro atoms. The van der Waals surface area contributed by atoms with Crippen LogP contribution < -0.4 is 5.32 Å². The third-order valence-electron chi connectivity index (χ3n) is 5.60. The highest BCUT2D eigenvalue weighted by Crippen LogP contribution is 2.26. The van der Waals surface area contributed by atoms with Crippen molar-refractivity contribution in [3.05, 3.63) is 93.4 Å². The maximum atomic E-state index is 12.6. The van der Waals surface area contributed by atoms with Crippen LogP contribution in [0, 0.1) is 17.0 Å². The average Bonchev–Trinajstić information content (AvgIpc) is 3.18. The summed E-state index contributed by atoms with van der Waals surface area (Å²) in [7, 11) is 0. The van der Waals surface area contributed by atoms with E-state index >= 15 is 0 Å². The number of carbonyl (C=O) groups is 1. The molecule has 0 aliphatic rings. The molecule has 168 valence electrons. The number of nitro groups is 1. The smallest absolute Gasteiger partial charge is 0.269 e. The van der Waals surface area contributed by atoms with Crippen LogP contribution in [0.15, 0.2) is 60.8 Å². The van der Waals surface area contributed by atoms with Gasteiger partial charge in [-0.3, -0.25) is 14.9 Å². The number of amides is 1. The fourth-order valence-corrected chi connectivity index (χ4v) is 3.77. The summed E-state index contributed by atoms with van der Waals surface area (Å²) in [6.45, 7) is 4.46. The quantitative estimate of drug-likeness (QED) is 0.294. The van der Waals surface area contributed by atoms with Crippen molar-refractivity contribution in [2.45, 2.75) is 39.7 Å². The second-order valence-corrected chi connectivity index (χ2v) is 7.93. The van der Waals surface area contributed by atoms with Gasteiger partial charge in [-0.15, -0.1) is 0 Å². The summed E-state index contributed by atoms with van der Waals surface area (Å²) >= 11 is 0. The number of non-ortho nitro benzene ring substituents is 1. The molecule has 33 heavy (non-hydrogen) atoms. The first kappa shape index (κ1) is 22.1. The zero-order chi connectivity index (χ0) is 23.4. The highest BCUT2D eigenvalue weighted by molar-refractivity contribution is 6.05. The molecular weight excluding hydrogens is 418 g/mol. The van der Waals surface area contributed by atoms with Crippen LogP contribution in [0.5, 0.6) is 0 Å². The average molecular weight is 444 g/mol. The van der Waals surface area contributed by atoms with E-state index in [4.69, 9.17) is 4.98 Å². The number of unbranched alkanes of at least 4 members (excludes halogenated alkanes) is 1. The van der Waals surface area contributed by atoms with E-state index in [1.165, 1.54) is 6.07 Å².